The second kappa shape index (κ2) is 15.5. The maximum atomic E-state index is 3.25. The van der Waals surface area contributed by atoms with Gasteiger partial charge in [0.05, 0.1) is 0 Å². The molecular formula is C17H24Cl2Ti-2. The number of halogens is 2. The van der Waals surface area contributed by atoms with E-state index in [0.29, 0.717) is 0 Å². The normalized spacial score (nSPS) is 14.9. The predicted molar refractivity (Wildman–Crippen MR) is 78.0 cm³/mol. The van der Waals surface area contributed by atoms with Gasteiger partial charge in [-0.05, 0) is 0 Å². The summed E-state index contributed by atoms with van der Waals surface area (Å²) in [5, 5.41) is 0. The van der Waals surface area contributed by atoms with Gasteiger partial charge < -0.3 is 24.8 Å². The zero-order valence-corrected chi connectivity index (χ0v) is 16.0. The summed E-state index contributed by atoms with van der Waals surface area (Å²) < 4.78 is 0. The minimum absolute atomic E-state index is 0. The standard InChI is InChI=1S/2C8H11.CH2.2ClH.Ti/c2*1-3-8-6-4-5-7(8)2;;;;/h2*6H,3-4H2,1-2H3;1H2;2*1H;/q2*-1;;;;+2/p-2. The third kappa shape index (κ3) is 9.13. The Kier molecular flexibility index (Phi) is 19.5. The summed E-state index contributed by atoms with van der Waals surface area (Å²) in [5.74, 6) is 0. The summed E-state index contributed by atoms with van der Waals surface area (Å²) in [6, 6.07) is 0. The van der Waals surface area contributed by atoms with Crippen LogP contribution in [-0.4, -0.2) is 4.82 Å². The second-order valence-electron chi connectivity index (χ2n) is 4.18. The minimum atomic E-state index is 0. The third-order valence-corrected chi connectivity index (χ3v) is 3.16. The first-order chi connectivity index (χ1) is 8.69. The van der Waals surface area contributed by atoms with Crippen LogP contribution in [0.3, 0.4) is 0 Å². The first-order valence-electron chi connectivity index (χ1n) is 6.58. The zero-order chi connectivity index (χ0) is 14.0. The van der Waals surface area contributed by atoms with E-state index in [9.17, 15) is 0 Å². The van der Waals surface area contributed by atoms with Crippen molar-refractivity contribution in [2.45, 2.75) is 53.4 Å². The Labute approximate surface area is 149 Å². The summed E-state index contributed by atoms with van der Waals surface area (Å²) in [5.41, 5.74) is 5.66. The number of rotatable bonds is 2. The topological polar surface area (TPSA) is 0 Å². The molecule has 0 aliphatic heterocycles. The van der Waals surface area contributed by atoms with Crippen molar-refractivity contribution >= 4 is 4.82 Å². The van der Waals surface area contributed by atoms with Crippen LogP contribution in [0.15, 0.2) is 34.4 Å². The predicted octanol–water partition coefficient (Wildman–Crippen LogP) is -1.07. The molecule has 0 saturated carbocycles. The molecule has 0 atom stereocenters. The monoisotopic (exact) mass is 346 g/mol. The Hall–Kier alpha value is 0.124. The van der Waals surface area contributed by atoms with Crippen molar-refractivity contribution in [3.63, 3.8) is 0 Å². The second-order valence-corrected chi connectivity index (χ2v) is 4.18. The van der Waals surface area contributed by atoms with Crippen LogP contribution in [0.4, 0.5) is 0 Å². The number of allylic oxidation sites excluding steroid dienone is 8. The van der Waals surface area contributed by atoms with Gasteiger partial charge in [0.25, 0.3) is 0 Å². The Bertz CT molecular complexity index is 340. The van der Waals surface area contributed by atoms with Gasteiger partial charge in [0, 0.05) is 0 Å². The Morgan fingerprint density at radius 1 is 0.900 bits per heavy atom. The van der Waals surface area contributed by atoms with Crippen molar-refractivity contribution < 1.29 is 44.8 Å². The van der Waals surface area contributed by atoms with Crippen LogP contribution in [0.1, 0.15) is 53.4 Å². The molecule has 0 aromatic heterocycles. The van der Waals surface area contributed by atoms with Crippen LogP contribution in [0.2, 0.25) is 0 Å². The van der Waals surface area contributed by atoms with Crippen molar-refractivity contribution in [1.29, 1.82) is 0 Å². The minimum Gasteiger partial charge on any atom is -1.00 e. The summed E-state index contributed by atoms with van der Waals surface area (Å²) in [4.78, 5) is 3.25. The number of hydrogen-bond acceptors (Lipinski definition) is 0. The molecule has 3 heteroatoms. The molecule has 0 spiro atoms. The van der Waals surface area contributed by atoms with Crippen molar-refractivity contribution in [2.75, 3.05) is 0 Å². The van der Waals surface area contributed by atoms with E-state index >= 15 is 0 Å². The van der Waals surface area contributed by atoms with Gasteiger partial charge in [-0.15, -0.1) is 12.8 Å². The van der Waals surface area contributed by atoms with E-state index < -0.39 is 0 Å². The number of hydrogen-bond donors (Lipinski definition) is 0. The molecular weight excluding hydrogens is 323 g/mol. The molecule has 0 radical (unpaired) electrons. The van der Waals surface area contributed by atoms with Crippen molar-refractivity contribution in [2.24, 2.45) is 0 Å². The molecule has 2 aliphatic rings. The average molecular weight is 347 g/mol. The molecule has 0 nitrogen and oxygen atoms in total. The quantitative estimate of drug-likeness (QED) is 0.441. The van der Waals surface area contributed by atoms with Crippen molar-refractivity contribution in [3.8, 4) is 0 Å². The summed E-state index contributed by atoms with van der Waals surface area (Å²) in [6.45, 7) is 8.62. The molecule has 0 heterocycles. The van der Waals surface area contributed by atoms with Crippen LogP contribution >= 0.6 is 0 Å². The van der Waals surface area contributed by atoms with Gasteiger partial charge in [0.1, 0.15) is 0 Å². The molecule has 0 unspecified atom stereocenters. The van der Waals surface area contributed by atoms with Gasteiger partial charge in [-0.1, -0.05) is 40.5 Å². The van der Waals surface area contributed by atoms with Gasteiger partial charge >= 0.3 is 24.8 Å². The van der Waals surface area contributed by atoms with E-state index in [1.807, 2.05) is 0 Å². The third-order valence-electron chi connectivity index (χ3n) is 3.16. The van der Waals surface area contributed by atoms with E-state index in [1.165, 1.54) is 35.1 Å². The molecule has 2 aliphatic carbocycles. The SMILES string of the molecule is CCC1=CC[C-]=C1C.CCC1=CC[C-]=C1C.[CH2]=[Ti+2].[Cl-].[Cl-]. The van der Waals surface area contributed by atoms with E-state index in [2.05, 4.69) is 56.8 Å². The van der Waals surface area contributed by atoms with Crippen molar-refractivity contribution in [1.82, 2.24) is 0 Å². The molecule has 0 N–H and O–H groups in total. The molecule has 0 saturated heterocycles. The smallest absolute Gasteiger partial charge is 1.00 e. The van der Waals surface area contributed by atoms with Crippen molar-refractivity contribution in [3.05, 3.63) is 46.6 Å². The van der Waals surface area contributed by atoms with Crippen LogP contribution in [-0.2, 0) is 20.0 Å². The molecule has 2 rings (SSSR count). The fraction of sp³-hybridized carbons (Fsp3) is 0.471. The van der Waals surface area contributed by atoms with Gasteiger partial charge in [-0.2, -0.15) is 23.3 Å². The Morgan fingerprint density at radius 2 is 1.20 bits per heavy atom. The zero-order valence-electron chi connectivity index (χ0n) is 12.9. The van der Waals surface area contributed by atoms with Gasteiger partial charge in [0.2, 0.25) is 0 Å². The largest absolute Gasteiger partial charge is 1.00 e. The first-order valence-corrected chi connectivity index (χ1v) is 7.68. The molecule has 0 fully saturated rings. The maximum Gasteiger partial charge on any atom is -1.00 e. The summed E-state index contributed by atoms with van der Waals surface area (Å²) in [7, 11) is 0. The molecule has 0 aromatic carbocycles. The molecule has 112 valence electrons. The van der Waals surface area contributed by atoms with E-state index in [4.69, 9.17) is 0 Å². The van der Waals surface area contributed by atoms with E-state index in [-0.39, 0.29) is 24.8 Å². The van der Waals surface area contributed by atoms with Gasteiger partial charge in [0.15, 0.2) is 0 Å². The van der Waals surface area contributed by atoms with Crippen LogP contribution in [0.25, 0.3) is 0 Å². The van der Waals surface area contributed by atoms with Crippen LogP contribution < -0.4 is 24.8 Å². The van der Waals surface area contributed by atoms with E-state index in [0.717, 1.165) is 12.8 Å². The summed E-state index contributed by atoms with van der Waals surface area (Å²) >= 11 is 1.75. The van der Waals surface area contributed by atoms with Gasteiger partial charge in [-0.3, -0.25) is 12.2 Å². The average Bonchev–Trinajstić information content (AvgIpc) is 3.00. The van der Waals surface area contributed by atoms with Crippen LogP contribution in [0, 0.1) is 12.2 Å². The molecule has 0 bridgehead atoms. The van der Waals surface area contributed by atoms with Gasteiger partial charge in [-0.25, -0.2) is 11.1 Å². The summed E-state index contributed by atoms with van der Waals surface area (Å²) in [6.07, 6.45) is 15.4. The first kappa shape index (κ1) is 25.1. The fourth-order valence-corrected chi connectivity index (χ4v) is 2.01. The molecule has 20 heavy (non-hydrogen) atoms. The fourth-order valence-electron chi connectivity index (χ4n) is 2.01. The maximum absolute atomic E-state index is 3.25. The molecule has 0 aromatic rings. The molecule has 0 amide bonds. The Balaban J connectivity index is -0.000000236. The van der Waals surface area contributed by atoms with E-state index in [1.54, 1.807) is 20.0 Å². The Morgan fingerprint density at radius 3 is 1.30 bits per heavy atom. The van der Waals surface area contributed by atoms with Crippen LogP contribution in [0.5, 0.6) is 0 Å².